The van der Waals surface area contributed by atoms with Crippen LogP contribution in [0.5, 0.6) is 11.5 Å². The minimum Gasteiger partial charge on any atom is -0.493 e. The van der Waals surface area contributed by atoms with Crippen LogP contribution in [0.1, 0.15) is 22.5 Å². The van der Waals surface area contributed by atoms with E-state index < -0.39 is 0 Å². The molecule has 0 aliphatic carbocycles. The Balaban J connectivity index is 1.63. The van der Waals surface area contributed by atoms with Crippen molar-refractivity contribution in [3.8, 4) is 11.5 Å². The maximum Gasteiger partial charge on any atom is 0.318 e. The third-order valence-electron chi connectivity index (χ3n) is 4.63. The summed E-state index contributed by atoms with van der Waals surface area (Å²) in [6.07, 6.45) is 0.846. The van der Waals surface area contributed by atoms with E-state index in [1.807, 2.05) is 41.8 Å². The summed E-state index contributed by atoms with van der Waals surface area (Å²) >= 11 is 0. The van der Waals surface area contributed by atoms with Gasteiger partial charge >= 0.3 is 6.03 Å². The molecule has 134 valence electrons. The lowest BCUT2D eigenvalue weighted by Gasteiger charge is -2.27. The largest absolute Gasteiger partial charge is 0.493 e. The van der Waals surface area contributed by atoms with E-state index in [9.17, 15) is 4.79 Å². The quantitative estimate of drug-likeness (QED) is 0.921. The molecule has 7 nitrogen and oxygen atoms in total. The first-order valence-corrected chi connectivity index (χ1v) is 8.28. The monoisotopic (exact) mass is 344 g/mol. The standard InChI is InChI=1S/C18H24N4O3/c1-12-14-7-8-22(11-15(14)21(2)20-12)18(23)19-10-13-5-6-16(24-3)17(9-13)25-4/h5-6,9H,7-8,10-11H2,1-4H3,(H,19,23). The first-order valence-electron chi connectivity index (χ1n) is 8.28. The molecule has 0 atom stereocenters. The summed E-state index contributed by atoms with van der Waals surface area (Å²) in [6, 6.07) is 5.56. The highest BCUT2D eigenvalue weighted by atomic mass is 16.5. The van der Waals surface area contributed by atoms with Gasteiger partial charge in [0.2, 0.25) is 0 Å². The molecule has 25 heavy (non-hydrogen) atoms. The van der Waals surface area contributed by atoms with Crippen molar-refractivity contribution in [3.63, 3.8) is 0 Å². The van der Waals surface area contributed by atoms with E-state index in [-0.39, 0.29) is 6.03 Å². The highest BCUT2D eigenvalue weighted by molar-refractivity contribution is 5.74. The number of rotatable bonds is 4. The first-order chi connectivity index (χ1) is 12.0. The van der Waals surface area contributed by atoms with Crippen LogP contribution in [0.15, 0.2) is 18.2 Å². The predicted octanol–water partition coefficient (Wildman–Crippen LogP) is 2.01. The molecule has 0 radical (unpaired) electrons. The van der Waals surface area contributed by atoms with Crippen LogP contribution in [0.4, 0.5) is 4.79 Å². The molecule has 1 aromatic heterocycles. The number of nitrogens with zero attached hydrogens (tertiary/aromatic N) is 3. The number of methoxy groups -OCH3 is 2. The Labute approximate surface area is 147 Å². The molecule has 0 unspecified atom stereocenters. The van der Waals surface area contributed by atoms with Crippen molar-refractivity contribution >= 4 is 6.03 Å². The number of benzene rings is 1. The Hall–Kier alpha value is -2.70. The van der Waals surface area contributed by atoms with Crippen LogP contribution in [0.3, 0.4) is 0 Å². The van der Waals surface area contributed by atoms with Crippen LogP contribution in [-0.2, 0) is 26.6 Å². The molecule has 7 heteroatoms. The van der Waals surface area contributed by atoms with Crippen LogP contribution in [-0.4, -0.2) is 41.5 Å². The molecule has 0 saturated carbocycles. The van der Waals surface area contributed by atoms with Crippen molar-refractivity contribution in [3.05, 3.63) is 40.7 Å². The Morgan fingerprint density at radius 3 is 2.76 bits per heavy atom. The summed E-state index contributed by atoms with van der Waals surface area (Å²) in [6.45, 7) is 3.75. The molecule has 1 N–H and O–H groups in total. The molecule has 2 amide bonds. The van der Waals surface area contributed by atoms with Crippen LogP contribution in [0.2, 0.25) is 0 Å². The van der Waals surface area contributed by atoms with Crippen LogP contribution < -0.4 is 14.8 Å². The minimum absolute atomic E-state index is 0.0701. The van der Waals surface area contributed by atoms with Crippen molar-refractivity contribution in [2.45, 2.75) is 26.4 Å². The van der Waals surface area contributed by atoms with Gasteiger partial charge in [0.15, 0.2) is 11.5 Å². The predicted molar refractivity (Wildman–Crippen MR) is 93.8 cm³/mol. The lowest BCUT2D eigenvalue weighted by Crippen LogP contribution is -2.42. The van der Waals surface area contributed by atoms with Crippen molar-refractivity contribution in [1.82, 2.24) is 20.0 Å². The zero-order chi connectivity index (χ0) is 18.0. The van der Waals surface area contributed by atoms with E-state index in [2.05, 4.69) is 10.4 Å². The number of hydrogen-bond acceptors (Lipinski definition) is 4. The fraction of sp³-hybridized carbons (Fsp3) is 0.444. The van der Waals surface area contributed by atoms with E-state index in [0.717, 1.165) is 23.4 Å². The maximum atomic E-state index is 12.5. The Kier molecular flexibility index (Phi) is 4.83. The summed E-state index contributed by atoms with van der Waals surface area (Å²) in [5.74, 6) is 1.33. The van der Waals surface area contributed by atoms with E-state index in [1.165, 1.54) is 5.56 Å². The molecule has 0 bridgehead atoms. The topological polar surface area (TPSA) is 68.6 Å². The second-order valence-corrected chi connectivity index (χ2v) is 6.15. The van der Waals surface area contributed by atoms with Crippen LogP contribution >= 0.6 is 0 Å². The van der Waals surface area contributed by atoms with Gasteiger partial charge in [0, 0.05) is 20.1 Å². The Morgan fingerprint density at radius 1 is 1.28 bits per heavy atom. The zero-order valence-electron chi connectivity index (χ0n) is 15.1. The van der Waals surface area contributed by atoms with E-state index >= 15 is 0 Å². The molecule has 3 rings (SSSR count). The molecule has 1 aliphatic heterocycles. The van der Waals surface area contributed by atoms with Gasteiger partial charge in [-0.2, -0.15) is 5.10 Å². The second-order valence-electron chi connectivity index (χ2n) is 6.15. The van der Waals surface area contributed by atoms with E-state index in [0.29, 0.717) is 31.1 Å². The van der Waals surface area contributed by atoms with Gasteiger partial charge in [-0.1, -0.05) is 6.07 Å². The summed E-state index contributed by atoms with van der Waals surface area (Å²) < 4.78 is 12.4. The molecule has 0 spiro atoms. The van der Waals surface area contributed by atoms with Gasteiger partial charge in [0.25, 0.3) is 0 Å². The number of fused-ring (bicyclic) bond motifs is 1. The number of ether oxygens (including phenoxy) is 2. The number of carbonyl (C=O) groups excluding carboxylic acids is 1. The number of nitrogens with one attached hydrogen (secondary N) is 1. The normalized spacial score (nSPS) is 13.4. The summed E-state index contributed by atoms with van der Waals surface area (Å²) in [5, 5.41) is 7.42. The third kappa shape index (κ3) is 3.40. The summed E-state index contributed by atoms with van der Waals surface area (Å²) in [5.41, 5.74) is 4.40. The van der Waals surface area contributed by atoms with E-state index in [4.69, 9.17) is 9.47 Å². The zero-order valence-corrected chi connectivity index (χ0v) is 15.1. The number of hydrogen-bond donors (Lipinski definition) is 1. The lowest BCUT2D eigenvalue weighted by molar-refractivity contribution is 0.190. The number of amides is 2. The van der Waals surface area contributed by atoms with Crippen molar-refractivity contribution in [2.75, 3.05) is 20.8 Å². The summed E-state index contributed by atoms with van der Waals surface area (Å²) in [4.78, 5) is 14.3. The number of aromatic nitrogens is 2. The van der Waals surface area contributed by atoms with Crippen LogP contribution in [0, 0.1) is 6.92 Å². The van der Waals surface area contributed by atoms with Gasteiger partial charge in [-0.25, -0.2) is 4.79 Å². The van der Waals surface area contributed by atoms with Gasteiger partial charge in [0.1, 0.15) is 0 Å². The molecule has 1 aromatic carbocycles. The maximum absolute atomic E-state index is 12.5. The van der Waals surface area contributed by atoms with E-state index in [1.54, 1.807) is 14.2 Å². The van der Waals surface area contributed by atoms with Crippen molar-refractivity contribution in [2.24, 2.45) is 7.05 Å². The molecular weight excluding hydrogens is 320 g/mol. The number of urea groups is 1. The molecule has 2 aromatic rings. The fourth-order valence-electron chi connectivity index (χ4n) is 3.23. The highest BCUT2D eigenvalue weighted by Gasteiger charge is 2.25. The number of carbonyl (C=O) groups is 1. The number of aryl methyl sites for hydroxylation is 2. The molecule has 2 heterocycles. The van der Waals surface area contributed by atoms with Crippen LogP contribution in [0.25, 0.3) is 0 Å². The van der Waals surface area contributed by atoms with Gasteiger partial charge in [0.05, 0.1) is 32.2 Å². The molecule has 0 fully saturated rings. The van der Waals surface area contributed by atoms with Gasteiger partial charge in [-0.15, -0.1) is 0 Å². The molecule has 0 saturated heterocycles. The second kappa shape index (κ2) is 7.04. The Bertz CT molecular complexity index is 785. The first kappa shape index (κ1) is 17.1. The molecular formula is C18H24N4O3. The van der Waals surface area contributed by atoms with Gasteiger partial charge in [-0.3, -0.25) is 4.68 Å². The van der Waals surface area contributed by atoms with Gasteiger partial charge in [-0.05, 0) is 36.6 Å². The third-order valence-corrected chi connectivity index (χ3v) is 4.63. The highest BCUT2D eigenvalue weighted by Crippen LogP contribution is 2.27. The fourth-order valence-corrected chi connectivity index (χ4v) is 3.23. The average Bonchev–Trinajstić information content (AvgIpc) is 2.92. The Morgan fingerprint density at radius 2 is 2.04 bits per heavy atom. The SMILES string of the molecule is COc1ccc(CNC(=O)N2CCc3c(C)nn(C)c3C2)cc1OC. The van der Waals surface area contributed by atoms with Gasteiger partial charge < -0.3 is 19.7 Å². The lowest BCUT2D eigenvalue weighted by atomic mass is 10.1. The smallest absolute Gasteiger partial charge is 0.318 e. The molecule has 1 aliphatic rings. The van der Waals surface area contributed by atoms with Crippen molar-refractivity contribution < 1.29 is 14.3 Å². The summed E-state index contributed by atoms with van der Waals surface area (Å²) in [7, 11) is 5.13. The average molecular weight is 344 g/mol. The van der Waals surface area contributed by atoms with Crippen molar-refractivity contribution in [1.29, 1.82) is 0 Å². The minimum atomic E-state index is -0.0701.